The van der Waals surface area contributed by atoms with Gasteiger partial charge in [0.2, 0.25) is 0 Å². The zero-order chi connectivity index (χ0) is 21.6. The molecular formula is C27H42O3. The van der Waals surface area contributed by atoms with Crippen LogP contribution in [0, 0.1) is 5.92 Å². The van der Waals surface area contributed by atoms with Crippen LogP contribution in [-0.4, -0.2) is 19.2 Å². The van der Waals surface area contributed by atoms with Crippen LogP contribution in [0.15, 0.2) is 36.4 Å². The summed E-state index contributed by atoms with van der Waals surface area (Å²) < 4.78 is 11.0. The lowest BCUT2D eigenvalue weighted by molar-refractivity contribution is -0.139. The van der Waals surface area contributed by atoms with E-state index in [9.17, 15) is 4.79 Å². The van der Waals surface area contributed by atoms with Crippen molar-refractivity contribution in [1.82, 2.24) is 0 Å². The molecule has 2 rings (SSSR count). The molecule has 1 aromatic rings. The lowest BCUT2D eigenvalue weighted by Crippen LogP contribution is -2.13. The summed E-state index contributed by atoms with van der Waals surface area (Å²) in [6.07, 6.45) is 15.1. The Morgan fingerprint density at radius 1 is 0.933 bits per heavy atom. The molecule has 0 unspecified atom stereocenters. The fourth-order valence-corrected chi connectivity index (χ4v) is 4.34. The standard InChI is InChI=1S/C27H42O3/c1-4-5-8-11-23-12-14-24(15-13-23)25-16-18-26(19-17-25)29-20-9-6-7-10-21-30-27(28)22(2)3/h16-19,23-24H,2,4-15,20-21H2,1,3H3. The van der Waals surface area contributed by atoms with E-state index in [1.165, 1.54) is 56.9 Å². The van der Waals surface area contributed by atoms with Crippen LogP contribution in [0.5, 0.6) is 5.75 Å². The highest BCUT2D eigenvalue weighted by Crippen LogP contribution is 2.38. The van der Waals surface area contributed by atoms with Crippen LogP contribution >= 0.6 is 0 Å². The number of unbranched alkanes of at least 4 members (excludes halogenated alkanes) is 5. The molecule has 1 fully saturated rings. The molecule has 1 aromatic carbocycles. The zero-order valence-corrected chi connectivity index (χ0v) is 19.3. The van der Waals surface area contributed by atoms with Crippen molar-refractivity contribution < 1.29 is 14.3 Å². The van der Waals surface area contributed by atoms with Gasteiger partial charge in [-0.3, -0.25) is 0 Å². The fraction of sp³-hybridized carbons (Fsp3) is 0.667. The van der Waals surface area contributed by atoms with E-state index in [1.807, 2.05) is 0 Å². The third kappa shape index (κ3) is 9.36. The molecule has 3 heteroatoms. The van der Waals surface area contributed by atoms with Gasteiger partial charge >= 0.3 is 5.97 Å². The van der Waals surface area contributed by atoms with Gasteiger partial charge in [-0.25, -0.2) is 4.79 Å². The highest BCUT2D eigenvalue weighted by Gasteiger charge is 2.22. The quantitative estimate of drug-likeness (QED) is 0.179. The van der Waals surface area contributed by atoms with E-state index in [4.69, 9.17) is 9.47 Å². The molecule has 0 N–H and O–H groups in total. The molecule has 0 spiro atoms. The summed E-state index contributed by atoms with van der Waals surface area (Å²) in [7, 11) is 0. The maximum absolute atomic E-state index is 11.3. The summed E-state index contributed by atoms with van der Waals surface area (Å²) in [5.74, 6) is 2.39. The van der Waals surface area contributed by atoms with E-state index >= 15 is 0 Å². The van der Waals surface area contributed by atoms with E-state index < -0.39 is 0 Å². The van der Waals surface area contributed by atoms with Crippen molar-refractivity contribution in [2.75, 3.05) is 13.2 Å². The predicted octanol–water partition coefficient (Wildman–Crippen LogP) is 7.60. The minimum atomic E-state index is -0.290. The molecule has 168 valence electrons. The van der Waals surface area contributed by atoms with Crippen molar-refractivity contribution in [2.45, 2.75) is 96.8 Å². The van der Waals surface area contributed by atoms with Crippen molar-refractivity contribution in [1.29, 1.82) is 0 Å². The molecular weight excluding hydrogens is 372 g/mol. The van der Waals surface area contributed by atoms with Gasteiger partial charge in [-0.05, 0) is 87.8 Å². The molecule has 0 saturated heterocycles. The van der Waals surface area contributed by atoms with E-state index in [0.717, 1.165) is 49.9 Å². The summed E-state index contributed by atoms with van der Waals surface area (Å²) in [5, 5.41) is 0. The van der Waals surface area contributed by atoms with Crippen molar-refractivity contribution in [3.63, 3.8) is 0 Å². The summed E-state index contributed by atoms with van der Waals surface area (Å²) in [6.45, 7) is 8.77. The van der Waals surface area contributed by atoms with Crippen LogP contribution < -0.4 is 4.74 Å². The highest BCUT2D eigenvalue weighted by atomic mass is 16.5. The van der Waals surface area contributed by atoms with Gasteiger partial charge in [0.15, 0.2) is 0 Å². The Morgan fingerprint density at radius 2 is 1.60 bits per heavy atom. The highest BCUT2D eigenvalue weighted by molar-refractivity contribution is 5.86. The molecule has 0 aromatic heterocycles. The van der Waals surface area contributed by atoms with Gasteiger partial charge in [0.25, 0.3) is 0 Å². The average molecular weight is 415 g/mol. The summed E-state index contributed by atoms with van der Waals surface area (Å²) >= 11 is 0. The number of ether oxygens (including phenoxy) is 2. The molecule has 0 aliphatic heterocycles. The van der Waals surface area contributed by atoms with Gasteiger partial charge in [0.05, 0.1) is 13.2 Å². The van der Waals surface area contributed by atoms with Gasteiger partial charge in [-0.2, -0.15) is 0 Å². The molecule has 0 radical (unpaired) electrons. The topological polar surface area (TPSA) is 35.5 Å². The summed E-state index contributed by atoms with van der Waals surface area (Å²) in [4.78, 5) is 11.3. The van der Waals surface area contributed by atoms with E-state index in [1.54, 1.807) is 6.92 Å². The van der Waals surface area contributed by atoms with Crippen molar-refractivity contribution >= 4 is 5.97 Å². The molecule has 0 atom stereocenters. The van der Waals surface area contributed by atoms with Crippen molar-refractivity contribution in [3.8, 4) is 5.75 Å². The maximum Gasteiger partial charge on any atom is 0.333 e. The predicted molar refractivity (Wildman–Crippen MR) is 125 cm³/mol. The van der Waals surface area contributed by atoms with E-state index in [0.29, 0.717) is 12.2 Å². The summed E-state index contributed by atoms with van der Waals surface area (Å²) in [6, 6.07) is 8.82. The number of hydrogen-bond acceptors (Lipinski definition) is 3. The molecule has 0 amide bonds. The fourth-order valence-electron chi connectivity index (χ4n) is 4.34. The normalized spacial score (nSPS) is 18.7. The lowest BCUT2D eigenvalue weighted by atomic mass is 9.77. The van der Waals surface area contributed by atoms with Crippen LogP contribution in [0.1, 0.15) is 102 Å². The first-order chi connectivity index (χ1) is 14.6. The second kappa shape index (κ2) is 14.3. The van der Waals surface area contributed by atoms with Gasteiger partial charge in [0.1, 0.15) is 5.75 Å². The zero-order valence-electron chi connectivity index (χ0n) is 19.3. The smallest absolute Gasteiger partial charge is 0.333 e. The molecule has 0 heterocycles. The number of carbonyl (C=O) groups is 1. The minimum absolute atomic E-state index is 0.290. The van der Waals surface area contributed by atoms with Crippen molar-refractivity contribution in [3.05, 3.63) is 42.0 Å². The third-order valence-corrected chi connectivity index (χ3v) is 6.30. The van der Waals surface area contributed by atoms with Crippen LogP contribution in [0.25, 0.3) is 0 Å². The summed E-state index contributed by atoms with van der Waals surface area (Å²) in [5.41, 5.74) is 1.95. The monoisotopic (exact) mass is 414 g/mol. The number of hydrogen-bond donors (Lipinski definition) is 0. The number of benzene rings is 1. The number of rotatable bonds is 14. The Morgan fingerprint density at radius 3 is 2.23 bits per heavy atom. The maximum atomic E-state index is 11.3. The molecule has 0 bridgehead atoms. The van der Waals surface area contributed by atoms with Crippen LogP contribution in [0.3, 0.4) is 0 Å². The van der Waals surface area contributed by atoms with Crippen molar-refractivity contribution in [2.24, 2.45) is 5.92 Å². The SMILES string of the molecule is C=C(C)C(=O)OCCCCCCOc1ccc(C2CCC(CCCCC)CC2)cc1. The first kappa shape index (κ1) is 24.5. The first-order valence-corrected chi connectivity index (χ1v) is 12.2. The number of esters is 1. The average Bonchev–Trinajstić information content (AvgIpc) is 2.76. The van der Waals surface area contributed by atoms with Gasteiger partial charge in [0, 0.05) is 5.57 Å². The molecule has 1 aliphatic rings. The molecule has 1 aliphatic carbocycles. The molecule has 1 saturated carbocycles. The van der Waals surface area contributed by atoms with Gasteiger partial charge < -0.3 is 9.47 Å². The van der Waals surface area contributed by atoms with Crippen LogP contribution in [-0.2, 0) is 9.53 Å². The second-order valence-corrected chi connectivity index (χ2v) is 8.96. The van der Waals surface area contributed by atoms with E-state index in [2.05, 4.69) is 37.8 Å². The minimum Gasteiger partial charge on any atom is -0.494 e. The molecule has 3 nitrogen and oxygen atoms in total. The van der Waals surface area contributed by atoms with Gasteiger partial charge in [-0.15, -0.1) is 0 Å². The van der Waals surface area contributed by atoms with Crippen LogP contribution in [0.4, 0.5) is 0 Å². The van der Waals surface area contributed by atoms with Crippen LogP contribution in [0.2, 0.25) is 0 Å². The largest absolute Gasteiger partial charge is 0.494 e. The Balaban J connectivity index is 1.55. The number of carbonyl (C=O) groups excluding carboxylic acids is 1. The van der Waals surface area contributed by atoms with Gasteiger partial charge in [-0.1, -0.05) is 51.3 Å². The van der Waals surface area contributed by atoms with E-state index in [-0.39, 0.29) is 5.97 Å². The Kier molecular flexibility index (Phi) is 11.7. The Labute approximate surface area is 184 Å². The molecule has 30 heavy (non-hydrogen) atoms. The first-order valence-electron chi connectivity index (χ1n) is 12.2. The second-order valence-electron chi connectivity index (χ2n) is 8.96. The Bertz CT molecular complexity index is 612. The lowest BCUT2D eigenvalue weighted by Gasteiger charge is -2.29. The third-order valence-electron chi connectivity index (χ3n) is 6.30. The Hall–Kier alpha value is -1.77.